The van der Waals surface area contributed by atoms with Crippen LogP contribution in [-0.2, 0) is 0 Å². The highest BCUT2D eigenvalue weighted by molar-refractivity contribution is 6.33. The molecule has 0 saturated heterocycles. The van der Waals surface area contributed by atoms with Gasteiger partial charge < -0.3 is 0 Å². The van der Waals surface area contributed by atoms with Crippen LogP contribution in [0.3, 0.4) is 0 Å². The Morgan fingerprint density at radius 2 is 0.962 bits per heavy atom. The Morgan fingerprint density at radius 3 is 1.35 bits per heavy atom. The molecule has 2 atom stereocenters. The van der Waals surface area contributed by atoms with Gasteiger partial charge in [-0.05, 0) is 97.2 Å². The molecule has 0 nitrogen and oxygen atoms in total. The van der Waals surface area contributed by atoms with E-state index in [4.69, 9.17) is 23.2 Å². The number of rotatable bonds is 3. The number of aryl methyl sites for hydroxylation is 4. The van der Waals surface area contributed by atoms with Gasteiger partial charge in [-0.25, -0.2) is 0 Å². The van der Waals surface area contributed by atoms with Crippen molar-refractivity contribution in [3.63, 3.8) is 0 Å². The van der Waals surface area contributed by atoms with Crippen molar-refractivity contribution in [2.45, 2.75) is 52.4 Å². The van der Waals surface area contributed by atoms with Crippen molar-refractivity contribution < 1.29 is 0 Å². The van der Waals surface area contributed by atoms with Gasteiger partial charge in [0.1, 0.15) is 0 Å². The van der Waals surface area contributed by atoms with E-state index in [1.807, 2.05) is 0 Å². The van der Waals surface area contributed by atoms with E-state index < -0.39 is 0 Å². The molecule has 0 amide bonds. The topological polar surface area (TPSA) is 0 Å². The largest absolute Gasteiger partial charge is 0.0885 e. The van der Waals surface area contributed by atoms with E-state index in [0.29, 0.717) is 11.8 Å². The van der Waals surface area contributed by atoms with Crippen molar-refractivity contribution >= 4 is 35.4 Å². The van der Waals surface area contributed by atoms with Crippen molar-refractivity contribution in [1.82, 2.24) is 0 Å². The van der Waals surface area contributed by atoms with Gasteiger partial charge in [-0.3, -0.25) is 0 Å². The predicted octanol–water partition coefficient (Wildman–Crippen LogP) is 7.75. The molecule has 2 aromatic rings. The van der Waals surface area contributed by atoms with Gasteiger partial charge in [0.25, 0.3) is 0 Å². The van der Waals surface area contributed by atoms with Gasteiger partial charge in [0, 0.05) is 21.9 Å². The minimum absolute atomic E-state index is 0.296. The number of fused-ring (bicyclic) bond motifs is 2. The molecule has 2 aliphatic rings. The Bertz CT molecular complexity index is 883. The van der Waals surface area contributed by atoms with Crippen LogP contribution < -0.4 is 0 Å². The molecular formula is C24H24Cl2. The molecule has 2 aromatic carbocycles. The molecule has 0 fully saturated rings. The van der Waals surface area contributed by atoms with Gasteiger partial charge >= 0.3 is 0 Å². The van der Waals surface area contributed by atoms with Crippen LogP contribution in [0.5, 0.6) is 0 Å². The number of hydrogen-bond acceptors (Lipinski definition) is 0. The second-order valence-electron chi connectivity index (χ2n) is 7.79. The zero-order chi connectivity index (χ0) is 18.6. The van der Waals surface area contributed by atoms with Crippen molar-refractivity contribution in [3.8, 4) is 0 Å². The fourth-order valence-corrected chi connectivity index (χ4v) is 5.32. The molecule has 0 N–H and O–H groups in total. The summed E-state index contributed by atoms with van der Waals surface area (Å²) in [5.41, 5.74) is 10.7. The van der Waals surface area contributed by atoms with Crippen LogP contribution in [0.1, 0.15) is 69.2 Å². The van der Waals surface area contributed by atoms with Crippen LogP contribution in [0.25, 0.3) is 12.2 Å². The molecule has 0 saturated carbocycles. The third-order valence-electron chi connectivity index (χ3n) is 6.12. The molecule has 4 rings (SSSR count). The molecule has 0 heterocycles. The second-order valence-corrected chi connectivity index (χ2v) is 8.67. The molecular weight excluding hydrogens is 359 g/mol. The molecule has 0 aromatic heterocycles. The van der Waals surface area contributed by atoms with E-state index in [9.17, 15) is 0 Å². The first kappa shape index (κ1) is 17.9. The average Bonchev–Trinajstić information content (AvgIpc) is 3.11. The summed E-state index contributed by atoms with van der Waals surface area (Å²) >= 11 is 13.4. The lowest BCUT2D eigenvalue weighted by molar-refractivity contribution is 0.628. The monoisotopic (exact) mass is 382 g/mol. The number of benzene rings is 2. The number of halogens is 2. The maximum atomic E-state index is 6.68. The molecule has 0 spiro atoms. The smallest absolute Gasteiger partial charge is 0.0262 e. The molecule has 0 bridgehead atoms. The summed E-state index contributed by atoms with van der Waals surface area (Å²) in [6, 6.07) is 8.82. The molecule has 2 unspecified atom stereocenters. The zero-order valence-corrected chi connectivity index (χ0v) is 17.3. The van der Waals surface area contributed by atoms with Crippen molar-refractivity contribution in [3.05, 3.63) is 78.8 Å². The minimum Gasteiger partial charge on any atom is -0.0885 e. The number of allylic oxidation sites excluding steroid dienone is 2. The Balaban J connectivity index is 1.63. The first-order chi connectivity index (χ1) is 12.4. The van der Waals surface area contributed by atoms with Crippen LogP contribution in [0.4, 0.5) is 0 Å². The predicted molar refractivity (Wildman–Crippen MR) is 114 cm³/mol. The lowest BCUT2D eigenvalue weighted by Gasteiger charge is -2.21. The first-order valence-electron chi connectivity index (χ1n) is 9.33. The van der Waals surface area contributed by atoms with Gasteiger partial charge in [-0.1, -0.05) is 47.5 Å². The van der Waals surface area contributed by atoms with Gasteiger partial charge in [-0.15, -0.1) is 0 Å². The summed E-state index contributed by atoms with van der Waals surface area (Å²) in [6.45, 7) is 8.72. The van der Waals surface area contributed by atoms with Crippen LogP contribution >= 0.6 is 23.2 Å². The first-order valence-corrected chi connectivity index (χ1v) is 10.1. The van der Waals surface area contributed by atoms with E-state index in [0.717, 1.165) is 22.9 Å². The molecule has 2 heteroatoms. The molecule has 0 radical (unpaired) electrons. The fourth-order valence-electron chi connectivity index (χ4n) is 4.67. The third kappa shape index (κ3) is 2.75. The third-order valence-corrected chi connectivity index (χ3v) is 6.86. The summed E-state index contributed by atoms with van der Waals surface area (Å²) in [6.07, 6.45) is 6.38. The minimum atomic E-state index is 0.296. The van der Waals surface area contributed by atoms with Gasteiger partial charge in [0.2, 0.25) is 0 Å². The Kier molecular flexibility index (Phi) is 4.53. The van der Waals surface area contributed by atoms with E-state index in [-0.39, 0.29) is 0 Å². The van der Waals surface area contributed by atoms with Crippen molar-refractivity contribution in [2.24, 2.45) is 0 Å². The Morgan fingerprint density at radius 1 is 0.615 bits per heavy atom. The molecule has 0 aliphatic heterocycles. The summed E-state index contributed by atoms with van der Waals surface area (Å²) < 4.78 is 0. The number of hydrogen-bond donors (Lipinski definition) is 0. The lowest BCUT2D eigenvalue weighted by Crippen LogP contribution is -2.05. The van der Waals surface area contributed by atoms with Crippen molar-refractivity contribution in [1.29, 1.82) is 0 Å². The van der Waals surface area contributed by atoms with E-state index in [1.165, 1.54) is 44.5 Å². The highest BCUT2D eigenvalue weighted by atomic mass is 35.5. The van der Waals surface area contributed by atoms with Crippen LogP contribution in [0.2, 0.25) is 0 Å². The van der Waals surface area contributed by atoms with Crippen LogP contribution in [-0.4, -0.2) is 0 Å². The second kappa shape index (κ2) is 6.59. The molecule has 134 valence electrons. The van der Waals surface area contributed by atoms with Crippen molar-refractivity contribution in [2.75, 3.05) is 0 Å². The normalized spacial score (nSPS) is 20.7. The summed E-state index contributed by atoms with van der Waals surface area (Å²) in [7, 11) is 0. The lowest BCUT2D eigenvalue weighted by atomic mass is 9.85. The van der Waals surface area contributed by atoms with Gasteiger partial charge in [-0.2, -0.15) is 0 Å². The quantitative estimate of drug-likeness (QED) is 0.508. The molecule has 26 heavy (non-hydrogen) atoms. The maximum Gasteiger partial charge on any atom is 0.0262 e. The van der Waals surface area contributed by atoms with E-state index in [1.54, 1.807) is 0 Å². The van der Waals surface area contributed by atoms with E-state index >= 15 is 0 Å². The van der Waals surface area contributed by atoms with Crippen LogP contribution in [0.15, 0.2) is 34.3 Å². The fraction of sp³-hybridized carbons (Fsp3) is 0.333. The van der Waals surface area contributed by atoms with Gasteiger partial charge in [0.15, 0.2) is 0 Å². The highest BCUT2D eigenvalue weighted by Crippen LogP contribution is 2.49. The summed E-state index contributed by atoms with van der Waals surface area (Å²) in [4.78, 5) is 0. The summed E-state index contributed by atoms with van der Waals surface area (Å²) in [5.74, 6) is 0.593. The van der Waals surface area contributed by atoms with Gasteiger partial charge in [0.05, 0.1) is 0 Å². The Hall–Kier alpha value is -1.50. The standard InChI is InChI=1S/C24H24Cl2/c1-13-5-7-15(3)23-17(21(25)11-19(13)23)9-10-18-22(26)12-20-14(2)6-8-16(4)24(18)20/h5-8,11-12,17-18H,9-10H2,1-4H3. The van der Waals surface area contributed by atoms with E-state index in [2.05, 4.69) is 64.1 Å². The van der Waals surface area contributed by atoms with Crippen LogP contribution in [0, 0.1) is 27.7 Å². The Labute approximate surface area is 166 Å². The maximum absolute atomic E-state index is 6.68. The zero-order valence-electron chi connectivity index (χ0n) is 15.8. The SMILES string of the molecule is Cc1ccc(C)c2c1C=C(Cl)C2CCC1C(Cl)=Cc2c(C)ccc(C)c21. The highest BCUT2D eigenvalue weighted by Gasteiger charge is 2.31. The molecule has 2 aliphatic carbocycles. The average molecular weight is 383 g/mol. The summed E-state index contributed by atoms with van der Waals surface area (Å²) in [5, 5.41) is 1.94.